The second kappa shape index (κ2) is 9.24. The number of hydrogen-bond donors (Lipinski definition) is 1. The van der Waals surface area contributed by atoms with Gasteiger partial charge in [0.1, 0.15) is 24.0 Å². The van der Waals surface area contributed by atoms with Crippen LogP contribution in [0.5, 0.6) is 0 Å². The summed E-state index contributed by atoms with van der Waals surface area (Å²) in [5.74, 6) is -2.36. The van der Waals surface area contributed by atoms with Crippen molar-refractivity contribution in [1.29, 1.82) is 0 Å². The van der Waals surface area contributed by atoms with Crippen LogP contribution in [-0.4, -0.2) is 24.5 Å². The highest BCUT2D eigenvalue weighted by Gasteiger charge is 2.30. The first-order valence-corrected chi connectivity index (χ1v) is 10.2. The van der Waals surface area contributed by atoms with E-state index in [1.54, 1.807) is 6.92 Å². The first-order chi connectivity index (χ1) is 16.5. The molecule has 0 radical (unpaired) electrons. The number of oxazole rings is 1. The predicted molar refractivity (Wildman–Crippen MR) is 114 cm³/mol. The highest BCUT2D eigenvalue weighted by atomic mass is 19.4. The highest BCUT2D eigenvalue weighted by Crippen LogP contribution is 2.32. The molecule has 0 saturated carbocycles. The zero-order chi connectivity index (χ0) is 25.3. The van der Waals surface area contributed by atoms with Crippen LogP contribution in [0.3, 0.4) is 0 Å². The topological polar surface area (TPSA) is 98.7 Å². The van der Waals surface area contributed by atoms with Crippen molar-refractivity contribution in [2.45, 2.75) is 32.2 Å². The fourth-order valence-corrected chi connectivity index (χ4v) is 3.23. The van der Waals surface area contributed by atoms with Gasteiger partial charge in [0.05, 0.1) is 17.8 Å². The molecule has 8 nitrogen and oxygen atoms in total. The molecule has 0 fully saturated rings. The lowest BCUT2D eigenvalue weighted by Gasteiger charge is -2.14. The van der Waals surface area contributed by atoms with Crippen LogP contribution in [-0.2, 0) is 6.18 Å². The van der Waals surface area contributed by atoms with Crippen LogP contribution in [0.1, 0.15) is 43.1 Å². The standard InChI is InChI=1S/C22H17F5N6O2/c1-11(23)17-10-35-21(34)33(17)19-16(24)9-30-20(32-19)31-12(2)18-28-7-14(8-29-18)13-4-3-5-15(6-13)22(25,26)27/h3-12H,1-2H3,(H,30,31,32)/t11-,12-/m0/s1. The average Bonchev–Trinajstić information content (AvgIpc) is 3.21. The van der Waals surface area contributed by atoms with E-state index >= 15 is 0 Å². The van der Waals surface area contributed by atoms with E-state index in [1.165, 1.54) is 24.5 Å². The maximum Gasteiger partial charge on any atom is 0.425 e. The third-order valence-corrected chi connectivity index (χ3v) is 4.99. The molecule has 0 bridgehead atoms. The molecule has 4 rings (SSSR count). The van der Waals surface area contributed by atoms with Crippen molar-refractivity contribution in [2.75, 3.05) is 5.32 Å². The lowest BCUT2D eigenvalue weighted by molar-refractivity contribution is -0.137. The van der Waals surface area contributed by atoms with Crippen LogP contribution in [0.15, 0.2) is 58.3 Å². The van der Waals surface area contributed by atoms with Gasteiger partial charge in [-0.3, -0.25) is 0 Å². The lowest BCUT2D eigenvalue weighted by atomic mass is 10.1. The van der Waals surface area contributed by atoms with Crippen molar-refractivity contribution in [3.8, 4) is 16.9 Å². The number of rotatable bonds is 6. The summed E-state index contributed by atoms with van der Waals surface area (Å²) in [6.07, 6.45) is -1.69. The maximum absolute atomic E-state index is 14.4. The van der Waals surface area contributed by atoms with Crippen molar-refractivity contribution in [2.24, 2.45) is 0 Å². The van der Waals surface area contributed by atoms with Crippen LogP contribution < -0.4 is 11.1 Å². The predicted octanol–water partition coefficient (Wildman–Crippen LogP) is 5.04. The minimum Gasteiger partial charge on any atom is -0.416 e. The summed E-state index contributed by atoms with van der Waals surface area (Å²) in [7, 11) is 0. The van der Waals surface area contributed by atoms with E-state index in [1.807, 2.05) is 0 Å². The summed E-state index contributed by atoms with van der Waals surface area (Å²) in [6.45, 7) is 2.80. The van der Waals surface area contributed by atoms with Gasteiger partial charge in [-0.05, 0) is 31.5 Å². The molecule has 0 aliphatic rings. The molecular formula is C22H17F5N6O2. The molecule has 0 aliphatic carbocycles. The van der Waals surface area contributed by atoms with E-state index in [0.29, 0.717) is 15.7 Å². The van der Waals surface area contributed by atoms with Crippen LogP contribution in [0.25, 0.3) is 16.9 Å². The van der Waals surface area contributed by atoms with Gasteiger partial charge in [-0.1, -0.05) is 12.1 Å². The molecule has 35 heavy (non-hydrogen) atoms. The molecule has 1 aromatic carbocycles. The Morgan fingerprint density at radius 2 is 1.77 bits per heavy atom. The van der Waals surface area contributed by atoms with E-state index in [0.717, 1.165) is 31.5 Å². The molecule has 182 valence electrons. The number of alkyl halides is 4. The van der Waals surface area contributed by atoms with E-state index in [-0.39, 0.29) is 17.5 Å². The van der Waals surface area contributed by atoms with Crippen LogP contribution in [0, 0.1) is 5.82 Å². The van der Waals surface area contributed by atoms with Crippen LogP contribution in [0.4, 0.5) is 27.9 Å². The molecule has 0 unspecified atom stereocenters. The fourth-order valence-electron chi connectivity index (χ4n) is 3.23. The molecule has 0 spiro atoms. The van der Waals surface area contributed by atoms with Gasteiger partial charge in [-0.2, -0.15) is 18.2 Å². The molecule has 1 N–H and O–H groups in total. The molecule has 0 aliphatic heterocycles. The normalized spacial score (nSPS) is 13.5. The van der Waals surface area contributed by atoms with Crippen LogP contribution >= 0.6 is 0 Å². The first kappa shape index (κ1) is 24.0. The van der Waals surface area contributed by atoms with E-state index in [2.05, 4.69) is 29.7 Å². The monoisotopic (exact) mass is 492 g/mol. The van der Waals surface area contributed by atoms with E-state index in [9.17, 15) is 26.7 Å². The van der Waals surface area contributed by atoms with Gasteiger partial charge < -0.3 is 9.73 Å². The summed E-state index contributed by atoms with van der Waals surface area (Å²) in [5.41, 5.74) is -0.345. The summed E-state index contributed by atoms with van der Waals surface area (Å²) < 4.78 is 72.4. The maximum atomic E-state index is 14.4. The average molecular weight is 492 g/mol. The number of nitrogens with one attached hydrogen (secondary N) is 1. The van der Waals surface area contributed by atoms with Crippen molar-refractivity contribution in [3.05, 3.63) is 82.6 Å². The first-order valence-electron chi connectivity index (χ1n) is 10.2. The molecule has 13 heteroatoms. The van der Waals surface area contributed by atoms with Crippen molar-refractivity contribution >= 4 is 5.95 Å². The molecule has 4 aromatic rings. The Balaban J connectivity index is 1.56. The molecule has 3 heterocycles. The molecule has 2 atom stereocenters. The quantitative estimate of drug-likeness (QED) is 0.377. The number of anilines is 1. The Hall–Kier alpha value is -4.16. The zero-order valence-corrected chi connectivity index (χ0v) is 18.2. The SMILES string of the molecule is C[C@H](F)c1coc(=O)n1-c1nc(N[C@@H](C)c2ncc(-c3cccc(C(F)(F)F)c3)cn2)ncc1F. The number of hydrogen-bond acceptors (Lipinski definition) is 7. The van der Waals surface area contributed by atoms with Gasteiger partial charge in [0, 0.05) is 18.0 Å². The Morgan fingerprint density at radius 3 is 2.43 bits per heavy atom. The number of benzene rings is 1. The van der Waals surface area contributed by atoms with Gasteiger partial charge in [0.2, 0.25) is 5.95 Å². The molecule has 0 saturated heterocycles. The van der Waals surface area contributed by atoms with Crippen molar-refractivity contribution in [3.63, 3.8) is 0 Å². The van der Waals surface area contributed by atoms with Gasteiger partial charge in [0.25, 0.3) is 0 Å². The Bertz CT molecular complexity index is 1400. The number of halogens is 5. The third-order valence-electron chi connectivity index (χ3n) is 4.99. The minimum atomic E-state index is -4.48. The third kappa shape index (κ3) is 5.03. The Labute approximate surface area is 194 Å². The van der Waals surface area contributed by atoms with E-state index in [4.69, 9.17) is 0 Å². The van der Waals surface area contributed by atoms with Crippen LogP contribution in [0.2, 0.25) is 0 Å². The highest BCUT2D eigenvalue weighted by molar-refractivity contribution is 5.62. The molecule has 3 aromatic heterocycles. The summed E-state index contributed by atoms with van der Waals surface area (Å²) >= 11 is 0. The van der Waals surface area contributed by atoms with Gasteiger partial charge >= 0.3 is 11.9 Å². The van der Waals surface area contributed by atoms with E-state index < -0.39 is 41.3 Å². The summed E-state index contributed by atoms with van der Waals surface area (Å²) in [6, 6.07) is 4.15. The Kier molecular flexibility index (Phi) is 6.33. The largest absolute Gasteiger partial charge is 0.425 e. The lowest BCUT2D eigenvalue weighted by Crippen LogP contribution is -2.20. The molecule has 0 amide bonds. The van der Waals surface area contributed by atoms with Gasteiger partial charge in [-0.15, -0.1) is 0 Å². The summed E-state index contributed by atoms with van der Waals surface area (Å²) in [4.78, 5) is 28.1. The number of aromatic nitrogens is 5. The smallest absolute Gasteiger partial charge is 0.416 e. The van der Waals surface area contributed by atoms with Crippen molar-refractivity contribution in [1.82, 2.24) is 24.5 Å². The fraction of sp³-hybridized carbons (Fsp3) is 0.227. The second-order valence-electron chi connectivity index (χ2n) is 7.52. The van der Waals surface area contributed by atoms with Crippen molar-refractivity contribution < 1.29 is 26.4 Å². The summed E-state index contributed by atoms with van der Waals surface area (Å²) in [5, 5.41) is 2.84. The molecular weight excluding hydrogens is 475 g/mol. The second-order valence-corrected chi connectivity index (χ2v) is 7.52. The number of nitrogens with zero attached hydrogens (tertiary/aromatic N) is 5. The minimum absolute atomic E-state index is 0.106. The van der Waals surface area contributed by atoms with Gasteiger partial charge in [0.15, 0.2) is 11.6 Å². The zero-order valence-electron chi connectivity index (χ0n) is 18.2. The van der Waals surface area contributed by atoms with Gasteiger partial charge in [-0.25, -0.2) is 33.1 Å². The Morgan fingerprint density at radius 1 is 1.06 bits per heavy atom.